The summed E-state index contributed by atoms with van der Waals surface area (Å²) in [5, 5.41) is 3.46. The molecule has 15 heavy (non-hydrogen) atoms. The van der Waals surface area contributed by atoms with E-state index in [1.54, 1.807) is 0 Å². The van der Waals surface area contributed by atoms with Crippen molar-refractivity contribution in [1.82, 2.24) is 5.32 Å². The smallest absolute Gasteiger partial charge is 0.0625 e. The van der Waals surface area contributed by atoms with Crippen molar-refractivity contribution in [2.24, 2.45) is 0 Å². The van der Waals surface area contributed by atoms with Crippen molar-refractivity contribution in [2.75, 3.05) is 13.2 Å². The normalized spacial score (nSPS) is 42.0. The second-order valence-electron chi connectivity index (χ2n) is 4.98. The average Bonchev–Trinajstić information content (AvgIpc) is 2.65. The number of hydrogen-bond donors (Lipinski definition) is 1. The largest absolute Gasteiger partial charge is 0.376 e. The first-order chi connectivity index (χ1) is 7.24. The lowest BCUT2D eigenvalue weighted by atomic mass is 10.0. The number of ether oxygens (including phenoxy) is 2. The van der Waals surface area contributed by atoms with E-state index < -0.39 is 0 Å². The fourth-order valence-corrected chi connectivity index (χ4v) is 2.63. The van der Waals surface area contributed by atoms with Gasteiger partial charge in [-0.1, -0.05) is 0 Å². The quantitative estimate of drug-likeness (QED) is 0.774. The summed E-state index contributed by atoms with van der Waals surface area (Å²) in [4.78, 5) is 0. The van der Waals surface area contributed by atoms with Gasteiger partial charge < -0.3 is 14.8 Å². The van der Waals surface area contributed by atoms with E-state index in [1.807, 2.05) is 0 Å². The monoisotopic (exact) mass is 213 g/mol. The predicted octanol–water partition coefficient (Wildman–Crippen LogP) is 1.71. The lowest BCUT2D eigenvalue weighted by Crippen LogP contribution is -2.37. The van der Waals surface area contributed by atoms with E-state index in [9.17, 15) is 0 Å². The fraction of sp³-hybridized carbons (Fsp3) is 1.00. The van der Waals surface area contributed by atoms with Crippen LogP contribution in [0.4, 0.5) is 0 Å². The molecule has 0 bridgehead atoms. The highest BCUT2D eigenvalue weighted by atomic mass is 16.5. The highest BCUT2D eigenvalue weighted by Gasteiger charge is 2.26. The van der Waals surface area contributed by atoms with Gasteiger partial charge in [0, 0.05) is 6.04 Å². The third kappa shape index (κ3) is 3.44. The van der Waals surface area contributed by atoms with Gasteiger partial charge in [-0.3, -0.25) is 0 Å². The summed E-state index contributed by atoms with van der Waals surface area (Å²) in [6, 6.07) is 0.596. The topological polar surface area (TPSA) is 30.5 Å². The van der Waals surface area contributed by atoms with Crippen LogP contribution in [0.25, 0.3) is 0 Å². The van der Waals surface area contributed by atoms with Crippen LogP contribution in [0.2, 0.25) is 0 Å². The standard InChI is InChI=1S/C12H23NO2/c1-9-6-12(7-10(2)15-9)14-8-11-4-3-5-13-11/h9-13H,3-8H2,1-2H3. The van der Waals surface area contributed by atoms with Crippen molar-refractivity contribution >= 4 is 0 Å². The molecule has 0 spiro atoms. The second kappa shape index (κ2) is 5.28. The van der Waals surface area contributed by atoms with Gasteiger partial charge in [0.1, 0.15) is 0 Å². The van der Waals surface area contributed by atoms with E-state index in [4.69, 9.17) is 9.47 Å². The Kier molecular flexibility index (Phi) is 4.00. The van der Waals surface area contributed by atoms with E-state index in [1.165, 1.54) is 12.8 Å². The van der Waals surface area contributed by atoms with Gasteiger partial charge in [0.05, 0.1) is 24.9 Å². The van der Waals surface area contributed by atoms with E-state index in [2.05, 4.69) is 19.2 Å². The highest BCUT2D eigenvalue weighted by molar-refractivity contribution is 4.77. The van der Waals surface area contributed by atoms with Crippen molar-refractivity contribution in [3.8, 4) is 0 Å². The van der Waals surface area contributed by atoms with Crippen LogP contribution in [0.3, 0.4) is 0 Å². The molecular weight excluding hydrogens is 190 g/mol. The van der Waals surface area contributed by atoms with Gasteiger partial charge in [0.2, 0.25) is 0 Å². The molecule has 0 amide bonds. The van der Waals surface area contributed by atoms with E-state index in [0.717, 1.165) is 26.0 Å². The van der Waals surface area contributed by atoms with Gasteiger partial charge in [-0.2, -0.15) is 0 Å². The molecule has 3 nitrogen and oxygen atoms in total. The molecule has 3 heteroatoms. The van der Waals surface area contributed by atoms with Gasteiger partial charge in [0.25, 0.3) is 0 Å². The molecule has 0 aromatic rings. The highest BCUT2D eigenvalue weighted by Crippen LogP contribution is 2.22. The van der Waals surface area contributed by atoms with Crippen molar-refractivity contribution in [2.45, 2.75) is 63.9 Å². The van der Waals surface area contributed by atoms with Crippen molar-refractivity contribution in [3.05, 3.63) is 0 Å². The summed E-state index contributed by atoms with van der Waals surface area (Å²) < 4.78 is 11.7. The minimum atomic E-state index is 0.357. The maximum atomic E-state index is 5.97. The molecule has 2 heterocycles. The molecular formula is C12H23NO2. The Hall–Kier alpha value is -0.120. The molecule has 2 aliphatic heterocycles. The Morgan fingerprint density at radius 2 is 2.00 bits per heavy atom. The van der Waals surface area contributed by atoms with Crippen LogP contribution >= 0.6 is 0 Å². The van der Waals surface area contributed by atoms with Crippen LogP contribution < -0.4 is 5.32 Å². The molecule has 88 valence electrons. The summed E-state index contributed by atoms with van der Waals surface area (Å²) in [5.74, 6) is 0. The first kappa shape index (κ1) is 11.4. The second-order valence-corrected chi connectivity index (χ2v) is 4.98. The Balaban J connectivity index is 1.69. The van der Waals surface area contributed by atoms with Gasteiger partial charge in [0.15, 0.2) is 0 Å². The SMILES string of the molecule is CC1CC(OCC2CCCN2)CC(C)O1. The molecule has 0 aromatic heterocycles. The summed E-state index contributed by atoms with van der Waals surface area (Å²) in [6.45, 7) is 6.32. The van der Waals surface area contributed by atoms with Crippen molar-refractivity contribution in [1.29, 1.82) is 0 Å². The first-order valence-corrected chi connectivity index (χ1v) is 6.24. The summed E-state index contributed by atoms with van der Waals surface area (Å²) in [6.07, 6.45) is 5.80. The zero-order valence-electron chi connectivity index (χ0n) is 9.87. The van der Waals surface area contributed by atoms with Crippen LogP contribution in [0, 0.1) is 0 Å². The third-order valence-corrected chi connectivity index (χ3v) is 3.35. The molecule has 1 N–H and O–H groups in total. The predicted molar refractivity (Wildman–Crippen MR) is 60.0 cm³/mol. The Bertz CT molecular complexity index is 182. The zero-order chi connectivity index (χ0) is 10.7. The van der Waals surface area contributed by atoms with E-state index in [-0.39, 0.29) is 0 Å². The molecule has 2 saturated heterocycles. The maximum absolute atomic E-state index is 5.97. The van der Waals surface area contributed by atoms with Crippen LogP contribution in [0.15, 0.2) is 0 Å². The Morgan fingerprint density at radius 1 is 1.27 bits per heavy atom. The first-order valence-electron chi connectivity index (χ1n) is 6.24. The van der Waals surface area contributed by atoms with Crippen molar-refractivity contribution < 1.29 is 9.47 Å². The van der Waals surface area contributed by atoms with Gasteiger partial charge in [-0.15, -0.1) is 0 Å². The van der Waals surface area contributed by atoms with Crippen LogP contribution in [-0.2, 0) is 9.47 Å². The number of hydrogen-bond acceptors (Lipinski definition) is 3. The molecule has 2 rings (SSSR count). The van der Waals surface area contributed by atoms with Crippen LogP contribution in [0.5, 0.6) is 0 Å². The van der Waals surface area contributed by atoms with Gasteiger partial charge in [-0.05, 0) is 46.1 Å². The minimum Gasteiger partial charge on any atom is -0.376 e. The van der Waals surface area contributed by atoms with Gasteiger partial charge >= 0.3 is 0 Å². The maximum Gasteiger partial charge on any atom is 0.0625 e. The average molecular weight is 213 g/mol. The lowest BCUT2D eigenvalue weighted by molar-refractivity contribution is -0.104. The van der Waals surface area contributed by atoms with E-state index >= 15 is 0 Å². The number of nitrogens with one attached hydrogen (secondary N) is 1. The minimum absolute atomic E-state index is 0.357. The molecule has 2 aliphatic rings. The zero-order valence-corrected chi connectivity index (χ0v) is 9.87. The number of rotatable bonds is 3. The lowest BCUT2D eigenvalue weighted by Gasteiger charge is -2.32. The molecule has 0 aromatic carbocycles. The molecule has 2 fully saturated rings. The molecule has 0 radical (unpaired) electrons. The van der Waals surface area contributed by atoms with Gasteiger partial charge in [-0.25, -0.2) is 0 Å². The fourth-order valence-electron chi connectivity index (χ4n) is 2.63. The molecule has 3 atom stereocenters. The Morgan fingerprint density at radius 3 is 2.60 bits per heavy atom. The third-order valence-electron chi connectivity index (χ3n) is 3.35. The van der Waals surface area contributed by atoms with Crippen molar-refractivity contribution in [3.63, 3.8) is 0 Å². The molecule has 0 aliphatic carbocycles. The van der Waals surface area contributed by atoms with E-state index in [0.29, 0.717) is 24.4 Å². The molecule has 3 unspecified atom stereocenters. The summed E-state index contributed by atoms with van der Waals surface area (Å²) >= 11 is 0. The summed E-state index contributed by atoms with van der Waals surface area (Å²) in [7, 11) is 0. The van der Waals surface area contributed by atoms with Crippen LogP contribution in [0.1, 0.15) is 39.5 Å². The Labute approximate surface area is 92.5 Å². The van der Waals surface area contributed by atoms with Crippen LogP contribution in [-0.4, -0.2) is 37.5 Å². The molecule has 0 saturated carbocycles. The summed E-state index contributed by atoms with van der Waals surface area (Å²) in [5.41, 5.74) is 0.